The Balaban J connectivity index is 2.22. The summed E-state index contributed by atoms with van der Waals surface area (Å²) in [4.78, 5) is 25.5. The normalized spacial score (nSPS) is 26.5. The van der Waals surface area contributed by atoms with Crippen LogP contribution in [0.2, 0.25) is 0 Å². The Hall–Kier alpha value is -1.94. The number of H-pyrrole nitrogens is 1. The van der Waals surface area contributed by atoms with Crippen molar-refractivity contribution >= 4 is 0 Å². The largest absolute Gasteiger partial charge is 0.496 e. The van der Waals surface area contributed by atoms with Crippen LogP contribution in [0.3, 0.4) is 0 Å². The van der Waals surface area contributed by atoms with Crippen LogP contribution in [-0.2, 0) is 18.9 Å². The zero-order chi connectivity index (χ0) is 17.7. The quantitative estimate of drug-likeness (QED) is 0.476. The monoisotopic (exact) mass is 341 g/mol. The zero-order valence-corrected chi connectivity index (χ0v) is 13.8. The summed E-state index contributed by atoms with van der Waals surface area (Å²) < 4.78 is 23.2. The maximum atomic E-state index is 12.0. The Bertz CT molecular complexity index is 670. The summed E-state index contributed by atoms with van der Waals surface area (Å²) in [5.41, 5.74) is 5.13. The highest BCUT2D eigenvalue weighted by Gasteiger charge is 2.45. The highest BCUT2D eigenvalue weighted by atomic mass is 16.6. The predicted octanol–water partition coefficient (Wildman–Crippen LogP) is -0.657. The topological polar surface area (TPSA) is 118 Å². The van der Waals surface area contributed by atoms with Crippen molar-refractivity contribution < 1.29 is 18.9 Å². The van der Waals surface area contributed by atoms with Crippen molar-refractivity contribution in [2.75, 3.05) is 26.9 Å². The maximum Gasteiger partial charge on any atom is 0.330 e. The van der Waals surface area contributed by atoms with E-state index in [0.717, 1.165) is 0 Å². The van der Waals surface area contributed by atoms with Crippen LogP contribution in [0.1, 0.15) is 13.2 Å². The molecule has 0 radical (unpaired) electrons. The van der Waals surface area contributed by atoms with Gasteiger partial charge in [0.2, 0.25) is 0 Å². The molecule has 1 aromatic rings. The van der Waals surface area contributed by atoms with E-state index in [0.29, 0.717) is 19.0 Å². The second-order valence-electron chi connectivity index (χ2n) is 5.50. The van der Waals surface area contributed by atoms with Gasteiger partial charge in [0.05, 0.1) is 25.0 Å². The molecule has 1 aromatic heterocycles. The average molecular weight is 341 g/mol. The van der Waals surface area contributed by atoms with Gasteiger partial charge in [-0.3, -0.25) is 14.3 Å². The molecule has 3 N–H and O–H groups in total. The van der Waals surface area contributed by atoms with Crippen LogP contribution in [0.25, 0.3) is 0 Å². The first-order valence-electron chi connectivity index (χ1n) is 7.55. The van der Waals surface area contributed by atoms with Crippen molar-refractivity contribution in [3.8, 4) is 0 Å². The SMILES string of the molecule is C=C(C)OC[C@H]1O[C@@H](n2ccc(=O)[nH]c2=O)[C@H](OCCOC)[C@@H]1N. The van der Waals surface area contributed by atoms with Crippen LogP contribution >= 0.6 is 0 Å². The van der Waals surface area contributed by atoms with E-state index in [2.05, 4.69) is 11.6 Å². The molecular formula is C15H23N3O6. The second-order valence-corrected chi connectivity index (χ2v) is 5.50. The van der Waals surface area contributed by atoms with E-state index in [9.17, 15) is 9.59 Å². The molecular weight excluding hydrogens is 318 g/mol. The molecule has 1 saturated heterocycles. The highest BCUT2D eigenvalue weighted by Crippen LogP contribution is 2.30. The number of hydrogen-bond donors (Lipinski definition) is 2. The fraction of sp³-hybridized carbons (Fsp3) is 0.600. The van der Waals surface area contributed by atoms with E-state index in [-0.39, 0.29) is 6.61 Å². The van der Waals surface area contributed by atoms with E-state index in [1.807, 2.05) is 0 Å². The minimum atomic E-state index is -0.778. The Morgan fingerprint density at radius 1 is 1.46 bits per heavy atom. The van der Waals surface area contributed by atoms with Crippen molar-refractivity contribution in [1.82, 2.24) is 9.55 Å². The predicted molar refractivity (Wildman–Crippen MR) is 85.6 cm³/mol. The van der Waals surface area contributed by atoms with Gasteiger partial charge in [0, 0.05) is 19.4 Å². The van der Waals surface area contributed by atoms with Gasteiger partial charge in [0.25, 0.3) is 5.56 Å². The zero-order valence-electron chi connectivity index (χ0n) is 13.8. The minimum Gasteiger partial charge on any atom is -0.496 e. The molecule has 9 heteroatoms. The molecule has 0 unspecified atom stereocenters. The molecule has 134 valence electrons. The maximum absolute atomic E-state index is 12.0. The van der Waals surface area contributed by atoms with Crippen LogP contribution in [-0.4, -0.2) is 54.7 Å². The third-order valence-corrected chi connectivity index (χ3v) is 3.62. The first kappa shape index (κ1) is 18.4. The number of aromatic amines is 1. The number of aromatic nitrogens is 2. The lowest BCUT2D eigenvalue weighted by Crippen LogP contribution is -2.44. The van der Waals surface area contributed by atoms with Crippen molar-refractivity contribution in [2.45, 2.75) is 31.4 Å². The number of nitrogens with two attached hydrogens (primary N) is 1. The molecule has 0 spiro atoms. The average Bonchev–Trinajstić information content (AvgIpc) is 2.82. The van der Waals surface area contributed by atoms with Gasteiger partial charge in [0.15, 0.2) is 6.23 Å². The number of nitrogens with one attached hydrogen (secondary N) is 1. The number of rotatable bonds is 8. The molecule has 0 bridgehead atoms. The van der Waals surface area contributed by atoms with Gasteiger partial charge in [-0.15, -0.1) is 0 Å². The number of methoxy groups -OCH3 is 1. The molecule has 9 nitrogen and oxygen atoms in total. The molecule has 0 aromatic carbocycles. The van der Waals surface area contributed by atoms with Gasteiger partial charge >= 0.3 is 5.69 Å². The van der Waals surface area contributed by atoms with Crippen molar-refractivity contribution in [3.05, 3.63) is 45.4 Å². The standard InChI is InChI=1S/C15H23N3O6/c1-9(2)23-8-10-12(16)13(22-7-6-21-3)14(24-10)18-5-4-11(19)17-15(18)20/h4-5,10,12-14H,1,6-8,16H2,2-3H3,(H,17,19,20)/t10-,12-,13-,14-/m1/s1. The van der Waals surface area contributed by atoms with Gasteiger partial charge in [-0.1, -0.05) is 6.58 Å². The summed E-state index contributed by atoms with van der Waals surface area (Å²) >= 11 is 0. The van der Waals surface area contributed by atoms with Gasteiger partial charge < -0.3 is 24.7 Å². The van der Waals surface area contributed by atoms with E-state index < -0.39 is 35.7 Å². The minimum absolute atomic E-state index is 0.190. The molecule has 1 aliphatic rings. The first-order chi connectivity index (χ1) is 11.4. The Kier molecular flexibility index (Phi) is 6.32. The fourth-order valence-corrected chi connectivity index (χ4v) is 2.44. The van der Waals surface area contributed by atoms with Crippen LogP contribution in [0, 0.1) is 0 Å². The molecule has 0 aliphatic carbocycles. The Morgan fingerprint density at radius 2 is 2.21 bits per heavy atom. The fourth-order valence-electron chi connectivity index (χ4n) is 2.44. The number of hydrogen-bond acceptors (Lipinski definition) is 7. The lowest BCUT2D eigenvalue weighted by Gasteiger charge is -2.22. The lowest BCUT2D eigenvalue weighted by atomic mass is 10.1. The van der Waals surface area contributed by atoms with Crippen LogP contribution in [0.4, 0.5) is 0 Å². The van der Waals surface area contributed by atoms with Crippen molar-refractivity contribution in [1.29, 1.82) is 0 Å². The molecule has 2 heterocycles. The molecule has 1 fully saturated rings. The summed E-state index contributed by atoms with van der Waals surface area (Å²) in [7, 11) is 1.56. The number of ether oxygens (including phenoxy) is 4. The van der Waals surface area contributed by atoms with Gasteiger partial charge in [-0.2, -0.15) is 0 Å². The second kappa shape index (κ2) is 8.25. The van der Waals surface area contributed by atoms with Crippen LogP contribution in [0.5, 0.6) is 0 Å². The van der Waals surface area contributed by atoms with E-state index in [1.54, 1.807) is 14.0 Å². The molecule has 2 rings (SSSR count). The highest BCUT2D eigenvalue weighted by molar-refractivity contribution is 4.96. The van der Waals surface area contributed by atoms with Crippen LogP contribution < -0.4 is 17.0 Å². The third kappa shape index (κ3) is 4.32. The molecule has 0 saturated carbocycles. The third-order valence-electron chi connectivity index (χ3n) is 3.62. The Labute approximate surface area is 139 Å². The van der Waals surface area contributed by atoms with Crippen molar-refractivity contribution in [3.63, 3.8) is 0 Å². The van der Waals surface area contributed by atoms with E-state index in [4.69, 9.17) is 24.7 Å². The molecule has 0 amide bonds. The first-order valence-corrected chi connectivity index (χ1v) is 7.55. The Morgan fingerprint density at radius 3 is 2.83 bits per heavy atom. The molecule has 4 atom stereocenters. The van der Waals surface area contributed by atoms with E-state index in [1.165, 1.54) is 16.8 Å². The van der Waals surface area contributed by atoms with Gasteiger partial charge in [0.1, 0.15) is 18.8 Å². The summed E-state index contributed by atoms with van der Waals surface area (Å²) in [6, 6.07) is 0.713. The van der Waals surface area contributed by atoms with Gasteiger partial charge in [-0.25, -0.2) is 4.79 Å². The summed E-state index contributed by atoms with van der Waals surface area (Å²) in [5, 5.41) is 0. The van der Waals surface area contributed by atoms with E-state index >= 15 is 0 Å². The summed E-state index contributed by atoms with van der Waals surface area (Å²) in [6.07, 6.45) is -0.506. The lowest BCUT2D eigenvalue weighted by molar-refractivity contribution is -0.0805. The smallest absolute Gasteiger partial charge is 0.330 e. The number of nitrogens with zero attached hydrogens (tertiary/aromatic N) is 1. The van der Waals surface area contributed by atoms with Crippen LogP contribution in [0.15, 0.2) is 34.2 Å². The summed E-state index contributed by atoms with van der Waals surface area (Å²) in [5.74, 6) is 0.535. The van der Waals surface area contributed by atoms with Gasteiger partial charge in [-0.05, 0) is 6.92 Å². The molecule has 1 aliphatic heterocycles. The van der Waals surface area contributed by atoms with Crippen molar-refractivity contribution in [2.24, 2.45) is 5.73 Å². The number of allylic oxidation sites excluding steroid dienone is 1. The molecule has 24 heavy (non-hydrogen) atoms. The summed E-state index contributed by atoms with van der Waals surface area (Å²) in [6.45, 7) is 6.24.